The van der Waals surface area contributed by atoms with Crippen LogP contribution in [0.4, 0.5) is 0 Å². The van der Waals surface area contributed by atoms with Crippen LogP contribution < -0.4 is 10.5 Å². The zero-order valence-electron chi connectivity index (χ0n) is 7.56. The molecule has 0 fully saturated rings. The molecule has 0 radical (unpaired) electrons. The molecule has 3 N–H and O–H groups in total. The third-order valence-electron chi connectivity index (χ3n) is 1.89. The minimum atomic E-state index is -0.0363. The smallest absolute Gasteiger partial charge is 0.241 e. The second kappa shape index (κ2) is 2.99. The van der Waals surface area contributed by atoms with Gasteiger partial charge in [-0.1, -0.05) is 0 Å². The number of rotatable bonds is 2. The van der Waals surface area contributed by atoms with Gasteiger partial charge >= 0.3 is 0 Å². The number of methoxy groups -OCH3 is 1. The molecule has 6 heteroatoms. The lowest BCUT2D eigenvalue weighted by Gasteiger charge is -2.02. The van der Waals surface area contributed by atoms with Crippen LogP contribution in [0.3, 0.4) is 0 Å². The molecule has 0 unspecified atom stereocenters. The summed E-state index contributed by atoms with van der Waals surface area (Å²) in [5.74, 6) is 0.429. The third kappa shape index (κ3) is 1.08. The molecule has 0 aliphatic heterocycles. The molecule has 0 spiro atoms. The van der Waals surface area contributed by atoms with E-state index < -0.39 is 0 Å². The highest BCUT2D eigenvalue weighted by molar-refractivity contribution is 5.94. The summed E-state index contributed by atoms with van der Waals surface area (Å²) >= 11 is 0. The Morgan fingerprint density at radius 3 is 3.00 bits per heavy atom. The second-order valence-corrected chi connectivity index (χ2v) is 2.70. The van der Waals surface area contributed by atoms with Crippen molar-refractivity contribution in [3.63, 3.8) is 0 Å². The molecular formula is C8H9N5O. The minimum absolute atomic E-state index is 0.0363. The fourth-order valence-electron chi connectivity index (χ4n) is 1.27. The predicted octanol–water partition coefficient (Wildman–Crippen LogP) is 0.0220. The summed E-state index contributed by atoms with van der Waals surface area (Å²) in [6.07, 6.45) is 1.36. The maximum atomic E-state index is 7.32. The van der Waals surface area contributed by atoms with E-state index >= 15 is 0 Å². The Labute approximate surface area is 79.8 Å². The lowest BCUT2D eigenvalue weighted by atomic mass is 10.4. The van der Waals surface area contributed by atoms with Crippen LogP contribution in [0.5, 0.6) is 5.88 Å². The van der Waals surface area contributed by atoms with Gasteiger partial charge in [0.1, 0.15) is 23.4 Å². The number of amidine groups is 1. The maximum absolute atomic E-state index is 7.32. The zero-order chi connectivity index (χ0) is 10.1. The quantitative estimate of drug-likeness (QED) is 0.517. The number of fused-ring (bicyclic) bond motifs is 1. The highest BCUT2D eigenvalue weighted by Crippen LogP contribution is 2.16. The lowest BCUT2D eigenvalue weighted by molar-refractivity contribution is 0.399. The predicted molar refractivity (Wildman–Crippen MR) is 50.6 cm³/mol. The lowest BCUT2D eigenvalue weighted by Crippen LogP contribution is -2.15. The van der Waals surface area contributed by atoms with Gasteiger partial charge in [-0.05, 0) is 12.1 Å². The molecule has 2 aromatic heterocycles. The Morgan fingerprint density at radius 1 is 1.57 bits per heavy atom. The summed E-state index contributed by atoms with van der Waals surface area (Å²) < 4.78 is 6.56. The van der Waals surface area contributed by atoms with Gasteiger partial charge in [0.25, 0.3) is 0 Å². The van der Waals surface area contributed by atoms with Gasteiger partial charge in [-0.3, -0.25) is 5.41 Å². The van der Waals surface area contributed by atoms with Crippen LogP contribution in [-0.2, 0) is 0 Å². The Balaban J connectivity index is 2.75. The molecule has 0 atom stereocenters. The number of hydrogen-bond donors (Lipinski definition) is 2. The van der Waals surface area contributed by atoms with E-state index in [4.69, 9.17) is 15.9 Å². The van der Waals surface area contributed by atoms with Gasteiger partial charge in [-0.25, -0.2) is 4.52 Å². The Hall–Kier alpha value is -2.11. The number of nitrogens with one attached hydrogen (secondary N) is 1. The van der Waals surface area contributed by atoms with Crippen molar-refractivity contribution in [3.8, 4) is 5.88 Å². The van der Waals surface area contributed by atoms with E-state index in [1.54, 1.807) is 12.1 Å². The van der Waals surface area contributed by atoms with Crippen molar-refractivity contribution in [2.24, 2.45) is 5.73 Å². The minimum Gasteiger partial charge on any atom is -0.479 e. The standard InChI is InChI=1S/C8H9N5O/c1-14-8-6-3-2-5(7(9)10)13(6)12-4-11-8/h2-4H,1H3,(H3,9,10). The Morgan fingerprint density at radius 2 is 2.36 bits per heavy atom. The molecular weight excluding hydrogens is 182 g/mol. The average Bonchev–Trinajstić information content (AvgIpc) is 2.60. The summed E-state index contributed by atoms with van der Waals surface area (Å²) in [4.78, 5) is 3.93. The molecule has 72 valence electrons. The zero-order valence-corrected chi connectivity index (χ0v) is 7.56. The van der Waals surface area contributed by atoms with Crippen molar-refractivity contribution in [3.05, 3.63) is 24.2 Å². The van der Waals surface area contributed by atoms with Gasteiger partial charge in [0.05, 0.1) is 7.11 Å². The van der Waals surface area contributed by atoms with Gasteiger partial charge in [0.15, 0.2) is 0 Å². The first-order valence-corrected chi connectivity index (χ1v) is 3.95. The molecule has 0 aliphatic rings. The monoisotopic (exact) mass is 191 g/mol. The van der Waals surface area contributed by atoms with E-state index in [1.807, 2.05) is 0 Å². The summed E-state index contributed by atoms with van der Waals surface area (Å²) in [5, 5.41) is 11.3. The highest BCUT2D eigenvalue weighted by atomic mass is 16.5. The van der Waals surface area contributed by atoms with Crippen molar-refractivity contribution in [1.29, 1.82) is 5.41 Å². The largest absolute Gasteiger partial charge is 0.479 e. The molecule has 0 aromatic carbocycles. The molecule has 2 heterocycles. The van der Waals surface area contributed by atoms with Crippen LogP contribution in [0.15, 0.2) is 18.5 Å². The molecule has 2 rings (SSSR count). The van der Waals surface area contributed by atoms with E-state index in [1.165, 1.54) is 18.0 Å². The fraction of sp³-hybridized carbons (Fsp3) is 0.125. The third-order valence-corrected chi connectivity index (χ3v) is 1.89. The van der Waals surface area contributed by atoms with Gasteiger partial charge in [0.2, 0.25) is 5.88 Å². The average molecular weight is 191 g/mol. The molecule has 0 bridgehead atoms. The molecule has 0 saturated carbocycles. The van der Waals surface area contributed by atoms with Crippen molar-refractivity contribution < 1.29 is 4.74 Å². The van der Waals surface area contributed by atoms with Crippen LogP contribution >= 0.6 is 0 Å². The number of nitrogens with two attached hydrogens (primary N) is 1. The topological polar surface area (TPSA) is 89.3 Å². The van der Waals surface area contributed by atoms with Crippen LogP contribution in [0.25, 0.3) is 5.52 Å². The second-order valence-electron chi connectivity index (χ2n) is 2.70. The van der Waals surface area contributed by atoms with E-state index in [0.717, 1.165) is 0 Å². The summed E-state index contributed by atoms with van der Waals surface area (Å²) in [6, 6.07) is 3.46. The SMILES string of the molecule is COc1ncnn2c(C(=N)N)ccc12. The number of ether oxygens (including phenoxy) is 1. The van der Waals surface area contributed by atoms with Crippen molar-refractivity contribution in [2.45, 2.75) is 0 Å². The first kappa shape index (κ1) is 8.49. The molecule has 0 saturated heterocycles. The summed E-state index contributed by atoms with van der Waals surface area (Å²) in [6.45, 7) is 0. The van der Waals surface area contributed by atoms with E-state index in [-0.39, 0.29) is 5.84 Å². The van der Waals surface area contributed by atoms with E-state index in [9.17, 15) is 0 Å². The number of nitrogens with zero attached hydrogens (tertiary/aromatic N) is 3. The van der Waals surface area contributed by atoms with Crippen LogP contribution in [0.1, 0.15) is 5.69 Å². The maximum Gasteiger partial charge on any atom is 0.241 e. The Bertz CT molecular complexity index is 489. The Kier molecular flexibility index (Phi) is 1.81. The normalized spacial score (nSPS) is 10.4. The van der Waals surface area contributed by atoms with Gasteiger partial charge < -0.3 is 10.5 Å². The summed E-state index contributed by atoms with van der Waals surface area (Å²) in [7, 11) is 1.53. The molecule has 0 aliphatic carbocycles. The summed E-state index contributed by atoms with van der Waals surface area (Å²) in [5.41, 5.74) is 6.60. The molecule has 6 nitrogen and oxygen atoms in total. The van der Waals surface area contributed by atoms with Crippen LogP contribution in [0, 0.1) is 5.41 Å². The van der Waals surface area contributed by atoms with Gasteiger partial charge in [-0.2, -0.15) is 10.1 Å². The van der Waals surface area contributed by atoms with Crippen LogP contribution in [0.2, 0.25) is 0 Å². The van der Waals surface area contributed by atoms with Crippen LogP contribution in [-0.4, -0.2) is 27.5 Å². The molecule has 2 aromatic rings. The van der Waals surface area contributed by atoms with Gasteiger partial charge in [0, 0.05) is 0 Å². The fourth-order valence-corrected chi connectivity index (χ4v) is 1.27. The molecule has 14 heavy (non-hydrogen) atoms. The van der Waals surface area contributed by atoms with Gasteiger partial charge in [-0.15, -0.1) is 0 Å². The van der Waals surface area contributed by atoms with Crippen molar-refractivity contribution >= 4 is 11.4 Å². The number of hydrogen-bond acceptors (Lipinski definition) is 4. The first-order chi connectivity index (χ1) is 6.74. The van der Waals surface area contributed by atoms with E-state index in [2.05, 4.69) is 10.1 Å². The highest BCUT2D eigenvalue weighted by Gasteiger charge is 2.09. The number of nitrogen functional groups attached to an aromatic ring is 1. The van der Waals surface area contributed by atoms with Crippen molar-refractivity contribution in [1.82, 2.24) is 14.6 Å². The number of aromatic nitrogens is 3. The molecule has 0 amide bonds. The first-order valence-electron chi connectivity index (χ1n) is 3.95. The van der Waals surface area contributed by atoms with Crippen molar-refractivity contribution in [2.75, 3.05) is 7.11 Å². The van der Waals surface area contributed by atoms with E-state index in [0.29, 0.717) is 17.1 Å².